The van der Waals surface area contributed by atoms with Gasteiger partial charge in [-0.15, -0.1) is 5.10 Å². The minimum Gasteiger partial charge on any atom is -0.348 e. The van der Waals surface area contributed by atoms with Crippen LogP contribution in [0.1, 0.15) is 22.0 Å². The topological polar surface area (TPSA) is 136 Å². The summed E-state index contributed by atoms with van der Waals surface area (Å²) in [5, 5.41) is 10.7. The summed E-state index contributed by atoms with van der Waals surface area (Å²) in [7, 11) is -3.65. The second-order valence-corrected chi connectivity index (χ2v) is 8.32. The highest BCUT2D eigenvalue weighted by Gasteiger charge is 2.17. The number of fused-ring (bicyclic) bond motifs is 2. The van der Waals surface area contributed by atoms with E-state index >= 15 is 0 Å². The maximum absolute atomic E-state index is 12.3. The van der Waals surface area contributed by atoms with E-state index in [0.717, 1.165) is 16.9 Å². The van der Waals surface area contributed by atoms with Gasteiger partial charge in [-0.1, -0.05) is 0 Å². The molecule has 4 aromatic heterocycles. The van der Waals surface area contributed by atoms with Gasteiger partial charge < -0.3 is 5.32 Å². The Morgan fingerprint density at radius 2 is 2.00 bits per heavy atom. The van der Waals surface area contributed by atoms with E-state index in [1.165, 1.54) is 4.52 Å². The fraction of sp³-hybridized carbons (Fsp3) is 0.235. The molecule has 2 N–H and O–H groups in total. The van der Waals surface area contributed by atoms with Gasteiger partial charge in [0.25, 0.3) is 11.7 Å². The van der Waals surface area contributed by atoms with E-state index in [1.54, 1.807) is 35.1 Å². The lowest BCUT2D eigenvalue weighted by Crippen LogP contribution is -2.31. The van der Waals surface area contributed by atoms with Crippen molar-refractivity contribution < 1.29 is 13.2 Å². The van der Waals surface area contributed by atoms with Crippen LogP contribution in [0.2, 0.25) is 0 Å². The third kappa shape index (κ3) is 4.01. The Morgan fingerprint density at radius 1 is 1.17 bits per heavy atom. The molecule has 11 nitrogen and oxygen atoms in total. The second-order valence-electron chi connectivity index (χ2n) is 6.48. The number of aromatic nitrogens is 6. The largest absolute Gasteiger partial charge is 0.348 e. The van der Waals surface area contributed by atoms with Crippen LogP contribution in [-0.2, 0) is 10.0 Å². The maximum atomic E-state index is 12.3. The van der Waals surface area contributed by atoms with Crippen LogP contribution in [0.3, 0.4) is 0 Å². The molecule has 0 saturated carbocycles. The standard InChI is InChI=1S/C17H18N8O3S/c1-11-9-12(2)25-17(20-11)21-15(22-25)16(26)18-6-8-29(27,28)23-13-4-7-24-14(10-13)3-5-19-24/h3-5,7,9-10,23H,6,8H2,1-2H3,(H,18,26). The summed E-state index contributed by atoms with van der Waals surface area (Å²) in [6.45, 7) is 3.56. The molecule has 0 spiro atoms. The van der Waals surface area contributed by atoms with Crippen LogP contribution in [-0.4, -0.2) is 55.8 Å². The summed E-state index contributed by atoms with van der Waals surface area (Å²) >= 11 is 0. The van der Waals surface area contributed by atoms with Crippen LogP contribution in [0.4, 0.5) is 5.69 Å². The number of aryl methyl sites for hydroxylation is 2. The van der Waals surface area contributed by atoms with E-state index < -0.39 is 15.9 Å². The lowest BCUT2D eigenvalue weighted by atomic mass is 10.4. The molecule has 1 amide bonds. The highest BCUT2D eigenvalue weighted by molar-refractivity contribution is 7.92. The van der Waals surface area contributed by atoms with Crippen molar-refractivity contribution in [2.75, 3.05) is 17.0 Å². The average molecular weight is 414 g/mol. The third-order valence-electron chi connectivity index (χ3n) is 4.15. The Kier molecular flexibility index (Phi) is 4.62. The minimum atomic E-state index is -3.65. The molecule has 29 heavy (non-hydrogen) atoms. The van der Waals surface area contributed by atoms with Crippen molar-refractivity contribution in [3.8, 4) is 0 Å². The first-order valence-corrected chi connectivity index (χ1v) is 10.4. The molecular weight excluding hydrogens is 396 g/mol. The van der Waals surface area contributed by atoms with Crippen molar-refractivity contribution in [2.45, 2.75) is 13.8 Å². The number of hydrogen-bond acceptors (Lipinski definition) is 7. The van der Waals surface area contributed by atoms with Crippen LogP contribution in [0, 0.1) is 13.8 Å². The minimum absolute atomic E-state index is 0.0669. The molecule has 0 aliphatic rings. The lowest BCUT2D eigenvalue weighted by molar-refractivity contribution is 0.0946. The molecule has 0 aromatic carbocycles. The Labute approximate surface area is 165 Å². The van der Waals surface area contributed by atoms with Gasteiger partial charge in [-0.3, -0.25) is 9.52 Å². The number of anilines is 1. The van der Waals surface area contributed by atoms with Crippen LogP contribution in [0.5, 0.6) is 0 Å². The maximum Gasteiger partial charge on any atom is 0.291 e. The van der Waals surface area contributed by atoms with E-state index in [4.69, 9.17) is 0 Å². The number of amides is 1. The van der Waals surface area contributed by atoms with Crippen molar-refractivity contribution in [2.24, 2.45) is 0 Å². The predicted octanol–water partition coefficient (Wildman–Crippen LogP) is 0.561. The predicted molar refractivity (Wildman–Crippen MR) is 105 cm³/mol. The van der Waals surface area contributed by atoms with Crippen molar-refractivity contribution >= 4 is 32.9 Å². The Bertz CT molecular complexity index is 1330. The molecule has 0 fully saturated rings. The fourth-order valence-electron chi connectivity index (χ4n) is 2.86. The van der Waals surface area contributed by atoms with Crippen LogP contribution >= 0.6 is 0 Å². The number of carbonyl (C=O) groups excluding carboxylic acids is 1. The van der Waals surface area contributed by atoms with Crippen LogP contribution in [0.25, 0.3) is 11.3 Å². The highest BCUT2D eigenvalue weighted by Crippen LogP contribution is 2.13. The van der Waals surface area contributed by atoms with Gasteiger partial charge in [0.15, 0.2) is 0 Å². The summed E-state index contributed by atoms with van der Waals surface area (Å²) in [5.41, 5.74) is 2.74. The van der Waals surface area contributed by atoms with Gasteiger partial charge in [0.05, 0.1) is 17.0 Å². The first-order chi connectivity index (χ1) is 13.8. The quantitative estimate of drug-likeness (QED) is 0.470. The van der Waals surface area contributed by atoms with E-state index in [-0.39, 0.29) is 18.1 Å². The first-order valence-electron chi connectivity index (χ1n) is 8.74. The molecule has 0 saturated heterocycles. The summed E-state index contributed by atoms with van der Waals surface area (Å²) in [6, 6.07) is 6.86. The zero-order valence-corrected chi connectivity index (χ0v) is 16.5. The van der Waals surface area contributed by atoms with Crippen molar-refractivity contribution in [3.63, 3.8) is 0 Å². The van der Waals surface area contributed by atoms with Gasteiger partial charge in [0, 0.05) is 30.3 Å². The zero-order valence-electron chi connectivity index (χ0n) is 15.7. The lowest BCUT2D eigenvalue weighted by Gasteiger charge is -2.08. The molecular formula is C17H18N8O3S. The fourth-order valence-corrected chi connectivity index (χ4v) is 3.82. The zero-order chi connectivity index (χ0) is 20.6. The normalized spacial score (nSPS) is 11.8. The smallest absolute Gasteiger partial charge is 0.291 e. The second kappa shape index (κ2) is 7.13. The average Bonchev–Trinajstić information content (AvgIpc) is 3.27. The summed E-state index contributed by atoms with van der Waals surface area (Å²) < 4.78 is 30.1. The van der Waals surface area contributed by atoms with Gasteiger partial charge in [0.2, 0.25) is 15.8 Å². The van der Waals surface area contributed by atoms with Crippen molar-refractivity contribution in [1.82, 2.24) is 34.5 Å². The van der Waals surface area contributed by atoms with Gasteiger partial charge in [-0.2, -0.15) is 10.1 Å². The van der Waals surface area contributed by atoms with Crippen molar-refractivity contribution in [1.29, 1.82) is 0 Å². The van der Waals surface area contributed by atoms with Crippen molar-refractivity contribution in [3.05, 3.63) is 53.9 Å². The number of nitrogens with zero attached hydrogens (tertiary/aromatic N) is 6. The van der Waals surface area contributed by atoms with E-state index in [2.05, 4.69) is 30.2 Å². The number of sulfonamides is 1. The molecule has 0 aliphatic heterocycles. The van der Waals surface area contributed by atoms with Gasteiger partial charge >= 0.3 is 0 Å². The molecule has 4 heterocycles. The molecule has 150 valence electrons. The number of rotatable bonds is 6. The van der Waals surface area contributed by atoms with Crippen LogP contribution < -0.4 is 10.0 Å². The molecule has 0 radical (unpaired) electrons. The Morgan fingerprint density at radius 3 is 2.83 bits per heavy atom. The number of hydrogen-bond donors (Lipinski definition) is 2. The molecule has 12 heteroatoms. The summed E-state index contributed by atoms with van der Waals surface area (Å²) in [5.74, 6) is -0.615. The number of pyridine rings is 1. The Hall–Kier alpha value is -3.54. The Balaban J connectivity index is 1.38. The van der Waals surface area contributed by atoms with Gasteiger partial charge in [0.1, 0.15) is 0 Å². The van der Waals surface area contributed by atoms with Gasteiger partial charge in [-0.05, 0) is 38.1 Å². The highest BCUT2D eigenvalue weighted by atomic mass is 32.2. The monoisotopic (exact) mass is 414 g/mol. The summed E-state index contributed by atoms with van der Waals surface area (Å²) in [6.07, 6.45) is 3.27. The van der Waals surface area contributed by atoms with E-state index in [1.807, 2.05) is 19.9 Å². The first kappa shape index (κ1) is 18.8. The summed E-state index contributed by atoms with van der Waals surface area (Å²) in [4.78, 5) is 20.6. The SMILES string of the molecule is Cc1cc(C)n2nc(C(=O)NCCS(=O)(=O)Nc3ccn4nccc4c3)nc2n1. The molecule has 0 atom stereocenters. The number of carbonyl (C=O) groups is 1. The van der Waals surface area contributed by atoms with E-state index in [0.29, 0.717) is 11.5 Å². The van der Waals surface area contributed by atoms with Crippen LogP contribution in [0.15, 0.2) is 36.7 Å². The number of nitrogens with one attached hydrogen (secondary N) is 2. The third-order valence-corrected chi connectivity index (χ3v) is 5.44. The molecule has 0 aliphatic carbocycles. The molecule has 0 unspecified atom stereocenters. The van der Waals surface area contributed by atoms with E-state index in [9.17, 15) is 13.2 Å². The molecule has 4 rings (SSSR count). The molecule has 4 aromatic rings. The molecule has 0 bridgehead atoms. The van der Waals surface area contributed by atoms with Gasteiger partial charge in [-0.25, -0.2) is 22.4 Å².